The van der Waals surface area contributed by atoms with Gasteiger partial charge in [-0.05, 0) is 12.1 Å². The number of anilines is 2. The van der Waals surface area contributed by atoms with Crippen LogP contribution in [-0.4, -0.2) is 30.9 Å². The van der Waals surface area contributed by atoms with Crippen molar-refractivity contribution in [3.8, 4) is 22.8 Å². The molecule has 0 aliphatic heterocycles. The van der Waals surface area contributed by atoms with Crippen molar-refractivity contribution in [1.29, 1.82) is 0 Å². The second kappa shape index (κ2) is 8.79. The first-order valence-corrected chi connectivity index (χ1v) is 9.87. The molecule has 6 nitrogen and oxygen atoms in total. The number of thioether (sulfide) groups is 1. The van der Waals surface area contributed by atoms with Crippen molar-refractivity contribution in [1.82, 2.24) is 4.98 Å². The van der Waals surface area contributed by atoms with Gasteiger partial charge in [0.15, 0.2) is 15.8 Å². The van der Waals surface area contributed by atoms with E-state index >= 15 is 0 Å². The Kier molecular flexibility index (Phi) is 6.20. The maximum absolute atomic E-state index is 12.2. The quantitative estimate of drug-likeness (QED) is 0.579. The van der Waals surface area contributed by atoms with Crippen LogP contribution in [0.3, 0.4) is 0 Å². The average Bonchev–Trinajstić information content (AvgIpc) is 3.07. The van der Waals surface area contributed by atoms with Crippen LogP contribution in [-0.2, 0) is 4.79 Å². The fourth-order valence-corrected chi connectivity index (χ4v) is 4.16. The number of ether oxygens (including phenoxy) is 2. The third-order valence-electron chi connectivity index (χ3n) is 3.68. The topological polar surface area (TPSA) is 86.5 Å². The summed E-state index contributed by atoms with van der Waals surface area (Å²) < 4.78 is 11.2. The van der Waals surface area contributed by atoms with Gasteiger partial charge in [-0.3, -0.25) is 4.79 Å². The van der Waals surface area contributed by atoms with E-state index in [1.165, 1.54) is 23.1 Å². The standard InChI is InChI=1S/C19H19N3O3S2/c1-24-14-9-8-13(10-15(14)25-2)21-16(23)11-26-19-22-17(18(20)27-19)12-6-4-3-5-7-12/h3-10H,11,20H2,1-2H3,(H,21,23). The van der Waals surface area contributed by atoms with Crippen molar-refractivity contribution in [3.05, 3.63) is 48.5 Å². The van der Waals surface area contributed by atoms with E-state index < -0.39 is 0 Å². The van der Waals surface area contributed by atoms with Crippen LogP contribution in [0.25, 0.3) is 11.3 Å². The van der Waals surface area contributed by atoms with Crippen molar-refractivity contribution < 1.29 is 14.3 Å². The Morgan fingerprint density at radius 3 is 2.59 bits per heavy atom. The van der Waals surface area contributed by atoms with Crippen LogP contribution >= 0.6 is 23.1 Å². The highest BCUT2D eigenvalue weighted by atomic mass is 32.2. The number of carbonyl (C=O) groups excluding carboxylic acids is 1. The molecule has 8 heteroatoms. The van der Waals surface area contributed by atoms with E-state index in [9.17, 15) is 4.79 Å². The van der Waals surface area contributed by atoms with Crippen LogP contribution in [0.2, 0.25) is 0 Å². The lowest BCUT2D eigenvalue weighted by Gasteiger charge is -2.10. The zero-order valence-corrected chi connectivity index (χ0v) is 16.5. The number of nitrogens with zero attached hydrogens (tertiary/aromatic N) is 1. The van der Waals surface area contributed by atoms with Crippen LogP contribution < -0.4 is 20.5 Å². The maximum Gasteiger partial charge on any atom is 0.234 e. The number of benzene rings is 2. The largest absolute Gasteiger partial charge is 0.493 e. The summed E-state index contributed by atoms with van der Waals surface area (Å²) in [4.78, 5) is 16.8. The summed E-state index contributed by atoms with van der Waals surface area (Å²) in [7, 11) is 3.12. The van der Waals surface area contributed by atoms with E-state index in [2.05, 4.69) is 10.3 Å². The van der Waals surface area contributed by atoms with Gasteiger partial charge in [0.25, 0.3) is 0 Å². The predicted octanol–water partition coefficient (Wildman–Crippen LogP) is 4.14. The predicted molar refractivity (Wildman–Crippen MR) is 111 cm³/mol. The SMILES string of the molecule is COc1ccc(NC(=O)CSc2nc(-c3ccccc3)c(N)s2)cc1OC. The van der Waals surface area contributed by atoms with Crippen molar-refractivity contribution in [2.75, 3.05) is 31.0 Å². The van der Waals surface area contributed by atoms with Gasteiger partial charge in [0.2, 0.25) is 5.91 Å². The summed E-state index contributed by atoms with van der Waals surface area (Å²) in [5, 5.41) is 3.48. The molecular formula is C19H19N3O3S2. The summed E-state index contributed by atoms with van der Waals surface area (Å²) in [5.41, 5.74) is 8.44. The third kappa shape index (κ3) is 4.72. The molecule has 0 aliphatic carbocycles. The molecule has 2 aromatic carbocycles. The number of amides is 1. The summed E-state index contributed by atoms with van der Waals surface area (Å²) in [6.45, 7) is 0. The molecule has 27 heavy (non-hydrogen) atoms. The van der Waals surface area contributed by atoms with Gasteiger partial charge in [-0.1, -0.05) is 53.4 Å². The number of nitrogens with two attached hydrogens (primary N) is 1. The molecule has 0 unspecified atom stereocenters. The number of aromatic nitrogens is 1. The molecule has 1 aromatic heterocycles. The zero-order valence-electron chi connectivity index (χ0n) is 14.9. The van der Waals surface area contributed by atoms with E-state index in [0.717, 1.165) is 15.6 Å². The minimum absolute atomic E-state index is 0.137. The number of nitrogens with one attached hydrogen (secondary N) is 1. The first-order chi connectivity index (χ1) is 13.1. The lowest BCUT2D eigenvalue weighted by molar-refractivity contribution is -0.113. The Hall–Kier alpha value is -2.71. The van der Waals surface area contributed by atoms with Gasteiger partial charge in [-0.2, -0.15) is 0 Å². The number of methoxy groups -OCH3 is 2. The number of rotatable bonds is 7. The summed E-state index contributed by atoms with van der Waals surface area (Å²) in [6.07, 6.45) is 0. The van der Waals surface area contributed by atoms with Crippen LogP contribution in [0.4, 0.5) is 10.7 Å². The minimum atomic E-state index is -0.137. The van der Waals surface area contributed by atoms with Crippen LogP contribution in [0.15, 0.2) is 52.9 Å². The molecule has 0 atom stereocenters. The van der Waals surface area contributed by atoms with E-state index in [-0.39, 0.29) is 11.7 Å². The third-order valence-corrected chi connectivity index (χ3v) is 5.70. The fraction of sp³-hybridized carbons (Fsp3) is 0.158. The van der Waals surface area contributed by atoms with Crippen molar-refractivity contribution >= 4 is 39.7 Å². The van der Waals surface area contributed by atoms with E-state index in [4.69, 9.17) is 15.2 Å². The molecule has 0 saturated heterocycles. The molecule has 1 amide bonds. The molecule has 0 fully saturated rings. The monoisotopic (exact) mass is 401 g/mol. The molecule has 3 N–H and O–H groups in total. The van der Waals surface area contributed by atoms with Gasteiger partial charge in [0.1, 0.15) is 10.7 Å². The van der Waals surface area contributed by atoms with Gasteiger partial charge < -0.3 is 20.5 Å². The van der Waals surface area contributed by atoms with Gasteiger partial charge in [-0.25, -0.2) is 4.98 Å². The Morgan fingerprint density at radius 2 is 1.89 bits per heavy atom. The first-order valence-electron chi connectivity index (χ1n) is 8.07. The van der Waals surface area contributed by atoms with Crippen LogP contribution in [0.5, 0.6) is 11.5 Å². The lowest BCUT2D eigenvalue weighted by Crippen LogP contribution is -2.14. The Balaban J connectivity index is 1.61. The lowest BCUT2D eigenvalue weighted by atomic mass is 10.2. The van der Waals surface area contributed by atoms with E-state index in [1.807, 2.05) is 30.3 Å². The molecule has 0 saturated carbocycles. The van der Waals surface area contributed by atoms with Gasteiger partial charge in [0, 0.05) is 17.3 Å². The summed E-state index contributed by atoms with van der Waals surface area (Å²) in [6, 6.07) is 15.0. The number of nitrogen functional groups attached to an aromatic ring is 1. The molecule has 0 spiro atoms. The molecule has 0 bridgehead atoms. The molecule has 1 heterocycles. The highest BCUT2D eigenvalue weighted by molar-refractivity contribution is 8.01. The number of carbonyl (C=O) groups is 1. The Morgan fingerprint density at radius 1 is 1.15 bits per heavy atom. The highest BCUT2D eigenvalue weighted by Crippen LogP contribution is 2.35. The highest BCUT2D eigenvalue weighted by Gasteiger charge is 2.13. The second-order valence-corrected chi connectivity index (χ2v) is 7.72. The zero-order chi connectivity index (χ0) is 19.2. The Labute approximate surface area is 165 Å². The number of thiazole rings is 1. The first kappa shape index (κ1) is 19.1. The normalized spacial score (nSPS) is 10.4. The van der Waals surface area contributed by atoms with E-state index in [1.54, 1.807) is 32.4 Å². The Bertz CT molecular complexity index is 929. The average molecular weight is 402 g/mol. The molecule has 140 valence electrons. The summed E-state index contributed by atoms with van der Waals surface area (Å²) >= 11 is 2.74. The van der Waals surface area contributed by atoms with Crippen molar-refractivity contribution in [2.24, 2.45) is 0 Å². The second-order valence-electron chi connectivity index (χ2n) is 5.47. The van der Waals surface area contributed by atoms with Gasteiger partial charge in [-0.15, -0.1) is 0 Å². The van der Waals surface area contributed by atoms with Gasteiger partial charge in [0.05, 0.1) is 20.0 Å². The number of hydrogen-bond acceptors (Lipinski definition) is 7. The molecular weight excluding hydrogens is 382 g/mol. The van der Waals surface area contributed by atoms with Crippen LogP contribution in [0.1, 0.15) is 0 Å². The maximum atomic E-state index is 12.2. The smallest absolute Gasteiger partial charge is 0.234 e. The minimum Gasteiger partial charge on any atom is -0.493 e. The number of hydrogen-bond donors (Lipinski definition) is 2. The van der Waals surface area contributed by atoms with Gasteiger partial charge >= 0.3 is 0 Å². The molecule has 0 radical (unpaired) electrons. The molecule has 3 rings (SSSR count). The van der Waals surface area contributed by atoms with Crippen LogP contribution in [0, 0.1) is 0 Å². The van der Waals surface area contributed by atoms with Crippen molar-refractivity contribution in [3.63, 3.8) is 0 Å². The van der Waals surface area contributed by atoms with E-state index in [0.29, 0.717) is 22.2 Å². The van der Waals surface area contributed by atoms with Crippen molar-refractivity contribution in [2.45, 2.75) is 4.34 Å². The summed E-state index contributed by atoms with van der Waals surface area (Å²) in [5.74, 6) is 1.26. The molecule has 3 aromatic rings. The fourth-order valence-electron chi connectivity index (χ4n) is 2.41. The molecule has 0 aliphatic rings.